The summed E-state index contributed by atoms with van der Waals surface area (Å²) in [4.78, 5) is 10.6. The number of hydrogen-bond acceptors (Lipinski definition) is 3. The third-order valence-corrected chi connectivity index (χ3v) is 2.10. The van der Waals surface area contributed by atoms with Crippen LogP contribution in [0.15, 0.2) is 24.2 Å². The van der Waals surface area contributed by atoms with Crippen LogP contribution in [0.5, 0.6) is 5.75 Å². The highest BCUT2D eigenvalue weighted by molar-refractivity contribution is 5.75. The summed E-state index contributed by atoms with van der Waals surface area (Å²) in [6.45, 7) is 1.26. The summed E-state index contributed by atoms with van der Waals surface area (Å²) >= 11 is 0. The van der Waals surface area contributed by atoms with Gasteiger partial charge >= 0.3 is 0 Å². The van der Waals surface area contributed by atoms with E-state index in [-0.39, 0.29) is 12.1 Å². The highest BCUT2D eigenvalue weighted by Crippen LogP contribution is 2.17. The Hall–Kier alpha value is -1.35. The van der Waals surface area contributed by atoms with Gasteiger partial charge in [0.1, 0.15) is 18.1 Å². The summed E-state index contributed by atoms with van der Waals surface area (Å²) in [5.41, 5.74) is 0.353. The zero-order valence-electron chi connectivity index (χ0n) is 8.73. The molecule has 1 aliphatic rings. The smallest absolute Gasteiger partial charge is 0.150 e. The first kappa shape index (κ1) is 8.00. The Bertz CT molecular complexity index is 359. The van der Waals surface area contributed by atoms with Gasteiger partial charge in [0, 0.05) is 12.0 Å². The molecule has 1 atom stereocenters. The second-order valence-electron chi connectivity index (χ2n) is 3.19. The van der Waals surface area contributed by atoms with E-state index in [4.69, 9.17) is 10.8 Å². The maximum Gasteiger partial charge on any atom is 0.150 e. The average molecular weight is 193 g/mol. The van der Waals surface area contributed by atoms with Crippen molar-refractivity contribution in [2.75, 3.05) is 13.2 Å². The van der Waals surface area contributed by atoms with Crippen LogP contribution < -0.4 is 4.74 Å². The fraction of sp³-hybridized carbons (Fsp3) is 0.364. The molecule has 0 spiro atoms. The van der Waals surface area contributed by atoms with Crippen molar-refractivity contribution in [1.82, 2.24) is 0 Å². The van der Waals surface area contributed by atoms with E-state index in [1.807, 2.05) is 0 Å². The van der Waals surface area contributed by atoms with Crippen LogP contribution in [0.25, 0.3) is 0 Å². The van der Waals surface area contributed by atoms with E-state index in [9.17, 15) is 4.79 Å². The maximum absolute atomic E-state index is 10.6. The molecule has 0 saturated carbocycles. The van der Waals surface area contributed by atoms with Gasteiger partial charge in [0.15, 0.2) is 0 Å². The zero-order chi connectivity index (χ0) is 10.7. The van der Waals surface area contributed by atoms with Crippen LogP contribution in [0.3, 0.4) is 0 Å². The monoisotopic (exact) mass is 193 g/mol. The van der Waals surface area contributed by atoms with Crippen LogP contribution in [0.2, 0.25) is 0 Å². The van der Waals surface area contributed by atoms with Gasteiger partial charge < -0.3 is 9.47 Å². The lowest BCUT2D eigenvalue weighted by molar-refractivity contribution is 0.112. The van der Waals surface area contributed by atoms with Gasteiger partial charge in [-0.2, -0.15) is 0 Å². The van der Waals surface area contributed by atoms with Gasteiger partial charge in [0.05, 0.1) is 14.6 Å². The van der Waals surface area contributed by atoms with E-state index in [1.54, 1.807) is 18.2 Å². The molecule has 1 aromatic carbocycles. The molecule has 1 aromatic rings. The molecule has 14 heavy (non-hydrogen) atoms. The standard InChI is InChI=1S/C11H12O3/c12-7-9-2-1-3-10(6-9)14-11-4-5-13-8-11/h1-3,6-7,11H,4-5,8H2/i6D. The van der Waals surface area contributed by atoms with E-state index < -0.39 is 0 Å². The van der Waals surface area contributed by atoms with Gasteiger partial charge in [0.2, 0.25) is 0 Å². The Kier molecular flexibility index (Phi) is 2.42. The summed E-state index contributed by atoms with van der Waals surface area (Å²) in [5, 5.41) is 0. The Morgan fingerprint density at radius 1 is 1.64 bits per heavy atom. The molecule has 3 nitrogen and oxygen atoms in total. The van der Waals surface area contributed by atoms with Crippen molar-refractivity contribution >= 4 is 6.29 Å². The van der Waals surface area contributed by atoms with Crippen molar-refractivity contribution in [2.45, 2.75) is 12.5 Å². The van der Waals surface area contributed by atoms with Crippen LogP contribution in [-0.4, -0.2) is 25.6 Å². The largest absolute Gasteiger partial charge is 0.488 e. The Morgan fingerprint density at radius 3 is 3.29 bits per heavy atom. The lowest BCUT2D eigenvalue weighted by Gasteiger charge is -2.11. The fourth-order valence-electron chi connectivity index (χ4n) is 1.39. The lowest BCUT2D eigenvalue weighted by Crippen LogP contribution is -2.15. The summed E-state index contributed by atoms with van der Waals surface area (Å²) in [7, 11) is 0. The highest BCUT2D eigenvalue weighted by atomic mass is 16.5. The van der Waals surface area contributed by atoms with Crippen LogP contribution in [-0.2, 0) is 4.74 Å². The van der Waals surface area contributed by atoms with Gasteiger partial charge in [-0.25, -0.2) is 0 Å². The van der Waals surface area contributed by atoms with Crippen molar-refractivity contribution < 1.29 is 15.6 Å². The SMILES string of the molecule is [2H]c1c(C=O)cccc1OC1CCOC1. The molecule has 3 heteroatoms. The number of aldehydes is 1. The predicted molar refractivity (Wildman–Crippen MR) is 51.7 cm³/mol. The molecule has 0 aromatic heterocycles. The maximum atomic E-state index is 10.6. The van der Waals surface area contributed by atoms with E-state index in [0.717, 1.165) is 6.42 Å². The van der Waals surface area contributed by atoms with Crippen LogP contribution in [0.4, 0.5) is 0 Å². The number of ether oxygens (including phenoxy) is 2. The van der Waals surface area contributed by atoms with Gasteiger partial charge in [-0.1, -0.05) is 12.1 Å². The lowest BCUT2D eigenvalue weighted by atomic mass is 10.2. The number of benzene rings is 1. The molecular weight excluding hydrogens is 180 g/mol. The van der Waals surface area contributed by atoms with Crippen molar-refractivity contribution in [2.24, 2.45) is 0 Å². The van der Waals surface area contributed by atoms with Crippen molar-refractivity contribution in [3.8, 4) is 5.75 Å². The summed E-state index contributed by atoms with van der Waals surface area (Å²) < 4.78 is 18.5. The quantitative estimate of drug-likeness (QED) is 0.685. The molecule has 0 aliphatic carbocycles. The highest BCUT2D eigenvalue weighted by Gasteiger charge is 2.16. The second-order valence-corrected chi connectivity index (χ2v) is 3.19. The van der Waals surface area contributed by atoms with Crippen molar-refractivity contribution in [1.29, 1.82) is 0 Å². The third kappa shape index (κ3) is 2.12. The second kappa shape index (κ2) is 4.24. The van der Waals surface area contributed by atoms with E-state index in [1.165, 1.54) is 0 Å². The first-order valence-electron chi connectivity index (χ1n) is 5.10. The number of rotatable bonds is 3. The predicted octanol–water partition coefficient (Wildman–Crippen LogP) is 1.67. The summed E-state index contributed by atoms with van der Waals surface area (Å²) in [5.74, 6) is 0.454. The molecule has 0 bridgehead atoms. The van der Waals surface area contributed by atoms with E-state index in [0.29, 0.717) is 30.8 Å². The number of hydrogen-bond donors (Lipinski definition) is 0. The van der Waals surface area contributed by atoms with E-state index in [2.05, 4.69) is 0 Å². The van der Waals surface area contributed by atoms with Gasteiger partial charge in [0.25, 0.3) is 0 Å². The molecule has 1 unspecified atom stereocenters. The topological polar surface area (TPSA) is 35.5 Å². The Labute approximate surface area is 84.0 Å². The molecule has 1 fully saturated rings. The molecule has 1 aliphatic heterocycles. The Balaban J connectivity index is 2.16. The first-order chi connectivity index (χ1) is 7.31. The molecule has 0 amide bonds. The van der Waals surface area contributed by atoms with E-state index >= 15 is 0 Å². The number of carbonyl (C=O) groups is 1. The van der Waals surface area contributed by atoms with Crippen LogP contribution in [0, 0.1) is 0 Å². The Morgan fingerprint density at radius 2 is 2.57 bits per heavy atom. The zero-order valence-corrected chi connectivity index (χ0v) is 7.73. The molecule has 74 valence electrons. The molecular formula is C11H12O3. The average Bonchev–Trinajstić information content (AvgIpc) is 2.74. The van der Waals surface area contributed by atoms with Crippen LogP contribution >= 0.6 is 0 Å². The minimum atomic E-state index is 0.0102. The first-order valence-corrected chi connectivity index (χ1v) is 4.60. The fourth-order valence-corrected chi connectivity index (χ4v) is 1.39. The van der Waals surface area contributed by atoms with Crippen LogP contribution in [0.1, 0.15) is 18.1 Å². The normalized spacial score (nSPS) is 21.7. The van der Waals surface area contributed by atoms with Crippen molar-refractivity contribution in [3.63, 3.8) is 0 Å². The third-order valence-electron chi connectivity index (χ3n) is 2.10. The summed E-state index contributed by atoms with van der Waals surface area (Å²) in [6, 6.07) is 5.17. The molecule has 1 heterocycles. The molecule has 0 radical (unpaired) electrons. The summed E-state index contributed by atoms with van der Waals surface area (Å²) in [6.07, 6.45) is 1.52. The molecule has 1 saturated heterocycles. The van der Waals surface area contributed by atoms with Crippen molar-refractivity contribution in [3.05, 3.63) is 29.8 Å². The molecule has 2 rings (SSSR count). The minimum absolute atomic E-state index is 0.0102. The van der Waals surface area contributed by atoms with Gasteiger partial charge in [-0.05, 0) is 12.1 Å². The molecule has 0 N–H and O–H groups in total. The van der Waals surface area contributed by atoms with Gasteiger partial charge in [-0.3, -0.25) is 4.79 Å². The minimum Gasteiger partial charge on any atom is -0.488 e. The van der Waals surface area contributed by atoms with Gasteiger partial charge in [-0.15, -0.1) is 0 Å². The number of carbonyl (C=O) groups excluding carboxylic acids is 1.